The molecule has 2 amide bonds. The number of likely N-dealkylation sites (N-methyl/N-ethyl adjacent to an activating group) is 1. The average molecular weight is 584 g/mol. The number of phenols is 1. The highest BCUT2D eigenvalue weighted by atomic mass is 16.3. The van der Waals surface area contributed by atoms with Crippen molar-refractivity contribution in [3.8, 4) is 5.75 Å². The van der Waals surface area contributed by atoms with Gasteiger partial charge in [-0.1, -0.05) is 0 Å². The van der Waals surface area contributed by atoms with Gasteiger partial charge in [0.2, 0.25) is 11.7 Å². The maximum absolute atomic E-state index is 14.1. The van der Waals surface area contributed by atoms with Gasteiger partial charge < -0.3 is 41.7 Å². The molecule has 1 aliphatic heterocycles. The highest BCUT2D eigenvalue weighted by Crippen LogP contribution is 2.53. The van der Waals surface area contributed by atoms with Crippen molar-refractivity contribution in [2.75, 3.05) is 39.6 Å². The van der Waals surface area contributed by atoms with Crippen LogP contribution in [0.3, 0.4) is 0 Å². The van der Waals surface area contributed by atoms with Crippen LogP contribution in [0, 0.1) is 11.8 Å². The van der Waals surface area contributed by atoms with Gasteiger partial charge in [0, 0.05) is 43.4 Å². The van der Waals surface area contributed by atoms with E-state index in [1.807, 2.05) is 0 Å². The van der Waals surface area contributed by atoms with Crippen LogP contribution in [0.5, 0.6) is 5.75 Å². The Balaban J connectivity index is 1.62. The van der Waals surface area contributed by atoms with Crippen molar-refractivity contribution in [3.63, 3.8) is 0 Å². The third-order valence-corrected chi connectivity index (χ3v) is 9.09. The van der Waals surface area contributed by atoms with Crippen LogP contribution in [0.2, 0.25) is 0 Å². The molecule has 0 bridgehead atoms. The van der Waals surface area contributed by atoms with Gasteiger partial charge in [0.15, 0.2) is 11.4 Å². The number of aromatic hydroxyl groups is 1. The number of phenolic OH excluding ortho intramolecular Hbond substituents is 1. The van der Waals surface area contributed by atoms with Gasteiger partial charge in [-0.3, -0.25) is 24.1 Å². The number of hydrogen-bond donors (Lipinski definition) is 7. The second-order valence-corrected chi connectivity index (χ2v) is 12.0. The van der Waals surface area contributed by atoms with Gasteiger partial charge in [-0.05, 0) is 63.9 Å². The van der Waals surface area contributed by atoms with Crippen LogP contribution in [0.1, 0.15) is 40.7 Å². The number of carbonyl (C=O) groups is 4. The van der Waals surface area contributed by atoms with Crippen LogP contribution >= 0.6 is 0 Å². The molecule has 0 spiro atoms. The number of nitrogens with one attached hydrogen (secondary N) is 2. The predicted octanol–water partition coefficient (Wildman–Crippen LogP) is -0.445. The number of rotatable bonds is 6. The van der Waals surface area contributed by atoms with E-state index in [0.29, 0.717) is 17.7 Å². The fourth-order valence-electron chi connectivity index (χ4n) is 7.10. The molecule has 1 heterocycles. The molecule has 13 nitrogen and oxygen atoms in total. The van der Waals surface area contributed by atoms with Gasteiger partial charge in [0.05, 0.1) is 17.6 Å². The molecule has 3 aliphatic carbocycles. The summed E-state index contributed by atoms with van der Waals surface area (Å²) in [5.74, 6) is -7.23. The molecule has 8 N–H and O–H groups in total. The van der Waals surface area contributed by atoms with Crippen molar-refractivity contribution >= 4 is 29.1 Å². The smallest absolute Gasteiger partial charge is 0.255 e. The zero-order valence-electron chi connectivity index (χ0n) is 24.0. The summed E-state index contributed by atoms with van der Waals surface area (Å²) in [5, 5.41) is 51.4. The van der Waals surface area contributed by atoms with Gasteiger partial charge in [-0.25, -0.2) is 0 Å². The third kappa shape index (κ3) is 4.26. The molecule has 42 heavy (non-hydrogen) atoms. The lowest BCUT2D eigenvalue weighted by Gasteiger charge is -2.50. The number of allylic oxidation sites excluding steroid dienone is 1. The Kier molecular flexibility index (Phi) is 7.32. The predicted molar refractivity (Wildman–Crippen MR) is 151 cm³/mol. The fraction of sp³-hybridized carbons (Fsp3) is 0.517. The van der Waals surface area contributed by atoms with Gasteiger partial charge >= 0.3 is 0 Å². The summed E-state index contributed by atoms with van der Waals surface area (Å²) in [6.45, 7) is 0.683. The number of anilines is 1. The molecule has 1 aromatic carbocycles. The molecule has 1 fully saturated rings. The Morgan fingerprint density at radius 1 is 1.17 bits per heavy atom. The van der Waals surface area contributed by atoms with Crippen molar-refractivity contribution in [3.05, 3.63) is 45.4 Å². The molecular weight excluding hydrogens is 546 g/mol. The van der Waals surface area contributed by atoms with Crippen molar-refractivity contribution in [2.24, 2.45) is 17.6 Å². The van der Waals surface area contributed by atoms with E-state index < -0.39 is 58.0 Å². The summed E-state index contributed by atoms with van der Waals surface area (Å²) >= 11 is 0. The van der Waals surface area contributed by atoms with Crippen molar-refractivity contribution in [1.82, 2.24) is 15.5 Å². The average Bonchev–Trinajstić information content (AvgIpc) is 3.45. The van der Waals surface area contributed by atoms with Gasteiger partial charge in [-0.2, -0.15) is 0 Å². The first kappa shape index (κ1) is 29.5. The van der Waals surface area contributed by atoms with E-state index >= 15 is 0 Å². The zero-order chi connectivity index (χ0) is 30.8. The molecule has 4 aliphatic rings. The molecular formula is C29H37N5O8. The Labute approximate surface area is 242 Å². The number of hydrogen-bond acceptors (Lipinski definition) is 11. The first-order valence-corrected chi connectivity index (χ1v) is 13.9. The van der Waals surface area contributed by atoms with E-state index in [1.165, 1.54) is 4.90 Å². The van der Waals surface area contributed by atoms with Crippen LogP contribution in [-0.4, -0.2) is 101 Å². The van der Waals surface area contributed by atoms with E-state index in [4.69, 9.17) is 5.73 Å². The van der Waals surface area contributed by atoms with Crippen LogP contribution < -0.4 is 21.3 Å². The largest absolute Gasteiger partial charge is 0.510 e. The summed E-state index contributed by atoms with van der Waals surface area (Å²) < 4.78 is 0. The topological polar surface area (TPSA) is 206 Å². The molecule has 5 atom stereocenters. The summed E-state index contributed by atoms with van der Waals surface area (Å²) in [5.41, 5.74) is 2.94. The molecule has 0 aromatic heterocycles. The van der Waals surface area contributed by atoms with E-state index in [0.717, 1.165) is 13.0 Å². The molecule has 2 unspecified atom stereocenters. The van der Waals surface area contributed by atoms with E-state index in [2.05, 4.69) is 10.6 Å². The number of fused-ring (bicyclic) bond motifs is 3. The number of aliphatic hydroxyl groups excluding tert-OH is 2. The Morgan fingerprint density at radius 3 is 2.43 bits per heavy atom. The summed E-state index contributed by atoms with van der Waals surface area (Å²) in [4.78, 5) is 55.6. The van der Waals surface area contributed by atoms with Gasteiger partial charge in [-0.15, -0.1) is 0 Å². The molecule has 0 saturated carbocycles. The summed E-state index contributed by atoms with van der Waals surface area (Å²) in [7, 11) is 6.72. The quantitative estimate of drug-likeness (QED) is 0.214. The number of carbonyl (C=O) groups excluding carboxylic acids is 4. The zero-order valence-corrected chi connectivity index (χ0v) is 24.0. The monoisotopic (exact) mass is 583 g/mol. The Bertz CT molecular complexity index is 1460. The number of ketones is 2. The standard InChI is InChI=1S/C29H37N5O8/c1-33(2)17-10-13(11-32-28(41)16-6-5-7-31-16)22(35)19-14(17)8-12-9-15-21(34(3)4)24(37)20(27(30)40)26(39)29(15,42)25(38)18(12)23(19)36/h10,12,15-16,21,31,35,37-38,42H,5-9,11H2,1-4H3,(H2,30,40)(H,32,41)/t12-,15-,16?,21?,29+/m1/s1. The molecule has 13 heteroatoms. The highest BCUT2D eigenvalue weighted by molar-refractivity contribution is 6.25. The minimum atomic E-state index is -2.70. The van der Waals surface area contributed by atoms with Crippen molar-refractivity contribution in [1.29, 1.82) is 0 Å². The normalized spacial score (nSPS) is 28.9. The second kappa shape index (κ2) is 10.4. The first-order chi connectivity index (χ1) is 19.7. The van der Waals surface area contributed by atoms with Crippen molar-refractivity contribution in [2.45, 2.75) is 49.9 Å². The lowest BCUT2D eigenvalue weighted by molar-refractivity contribution is -0.148. The number of aliphatic hydroxyl groups is 3. The first-order valence-electron chi connectivity index (χ1n) is 13.9. The SMILES string of the molecule is CN(C)c1cc(CNC(=O)C2CCCN2)c(O)c2c1C[C@@H]1C[C@@H]3C(N(C)C)C(O)=C(C(N)=O)C(=O)[C@@]3(O)C(O)=C1C2=O. The highest BCUT2D eigenvalue weighted by Gasteiger charge is 2.63. The number of primary amides is 1. The number of amides is 2. The van der Waals surface area contributed by atoms with Crippen LogP contribution in [0.25, 0.3) is 0 Å². The van der Waals surface area contributed by atoms with Crippen LogP contribution in [-0.2, 0) is 27.3 Å². The maximum Gasteiger partial charge on any atom is 0.255 e. The lowest BCUT2D eigenvalue weighted by Crippen LogP contribution is -2.63. The van der Waals surface area contributed by atoms with Gasteiger partial charge in [0.25, 0.3) is 5.91 Å². The molecule has 1 saturated heterocycles. The minimum Gasteiger partial charge on any atom is -0.510 e. The molecule has 1 aromatic rings. The number of Topliss-reactive ketones (excluding diaryl/α,β-unsaturated/α-hetero) is 2. The lowest BCUT2D eigenvalue weighted by atomic mass is 9.58. The third-order valence-electron chi connectivity index (χ3n) is 9.09. The number of nitrogens with zero attached hydrogens (tertiary/aromatic N) is 2. The van der Waals surface area contributed by atoms with Gasteiger partial charge in [0.1, 0.15) is 22.8 Å². The summed E-state index contributed by atoms with van der Waals surface area (Å²) in [6.07, 6.45) is 1.75. The molecule has 5 rings (SSSR count). The molecule has 0 radical (unpaired) electrons. The van der Waals surface area contributed by atoms with E-state index in [9.17, 15) is 39.6 Å². The molecule has 226 valence electrons. The summed E-state index contributed by atoms with van der Waals surface area (Å²) in [6, 6.07) is 0.312. The van der Waals surface area contributed by atoms with Crippen LogP contribution in [0.15, 0.2) is 28.7 Å². The van der Waals surface area contributed by atoms with E-state index in [-0.39, 0.29) is 53.8 Å². The second-order valence-electron chi connectivity index (χ2n) is 12.0. The Hall–Kier alpha value is -3.94. The maximum atomic E-state index is 14.1. The van der Waals surface area contributed by atoms with Crippen molar-refractivity contribution < 1.29 is 39.6 Å². The fourth-order valence-corrected chi connectivity index (χ4v) is 7.10. The van der Waals surface area contributed by atoms with Crippen LogP contribution in [0.4, 0.5) is 5.69 Å². The minimum absolute atomic E-state index is 0.00555. The number of benzene rings is 1. The number of nitrogens with two attached hydrogens (primary N) is 1. The Morgan fingerprint density at radius 2 is 1.86 bits per heavy atom. The van der Waals surface area contributed by atoms with E-state index in [1.54, 1.807) is 39.2 Å².